The van der Waals surface area contributed by atoms with Crippen molar-refractivity contribution in [2.45, 2.75) is 20.0 Å². The van der Waals surface area contributed by atoms with Crippen molar-refractivity contribution in [2.24, 2.45) is 0 Å². The van der Waals surface area contributed by atoms with Crippen molar-refractivity contribution >= 4 is 11.9 Å². The molecule has 2 aromatic carbocycles. The van der Waals surface area contributed by atoms with Crippen molar-refractivity contribution < 1.29 is 28.5 Å². The zero-order chi connectivity index (χ0) is 21.3. The van der Waals surface area contributed by atoms with E-state index < -0.39 is 5.97 Å². The molecular weight excluding hydrogens is 386 g/mol. The standard InChI is InChI=1S/C23H27NO6/c1-3-28-21-15-19(23(26)30-17(2)18-7-5-4-6-8-18)9-10-20(21)29-16-22(25)24-11-13-27-14-12-24/h4-10,15,17H,3,11-14,16H2,1-2H3/t17-/m1/s1. The Kier molecular flexibility index (Phi) is 7.68. The molecule has 2 aromatic rings. The van der Waals surface area contributed by atoms with Gasteiger partial charge in [-0.3, -0.25) is 4.79 Å². The molecule has 0 spiro atoms. The molecule has 0 radical (unpaired) electrons. The van der Waals surface area contributed by atoms with Gasteiger partial charge in [0.25, 0.3) is 5.91 Å². The Morgan fingerprint density at radius 1 is 1.03 bits per heavy atom. The molecular formula is C23H27NO6. The first-order chi connectivity index (χ1) is 14.6. The van der Waals surface area contributed by atoms with Gasteiger partial charge in [0.1, 0.15) is 6.10 Å². The first-order valence-corrected chi connectivity index (χ1v) is 10.1. The molecule has 1 saturated heterocycles. The summed E-state index contributed by atoms with van der Waals surface area (Å²) in [6.07, 6.45) is -0.378. The molecule has 0 aromatic heterocycles. The predicted octanol–water partition coefficient (Wildman–Crippen LogP) is 3.24. The highest BCUT2D eigenvalue weighted by Gasteiger charge is 2.20. The number of carbonyl (C=O) groups excluding carboxylic acids is 2. The largest absolute Gasteiger partial charge is 0.490 e. The van der Waals surface area contributed by atoms with Crippen LogP contribution in [0.25, 0.3) is 0 Å². The smallest absolute Gasteiger partial charge is 0.338 e. The first kappa shape index (κ1) is 21.6. The number of carbonyl (C=O) groups is 2. The quantitative estimate of drug-likeness (QED) is 0.619. The van der Waals surface area contributed by atoms with E-state index in [0.29, 0.717) is 50.0 Å². The molecule has 7 heteroatoms. The minimum atomic E-state index is -0.455. The highest BCUT2D eigenvalue weighted by Crippen LogP contribution is 2.30. The average molecular weight is 413 g/mol. The third-order valence-corrected chi connectivity index (χ3v) is 4.75. The Labute approximate surface area is 176 Å². The molecule has 3 rings (SSSR count). The fourth-order valence-corrected chi connectivity index (χ4v) is 3.09. The van der Waals surface area contributed by atoms with Crippen LogP contribution in [-0.4, -0.2) is 56.3 Å². The molecule has 0 unspecified atom stereocenters. The van der Waals surface area contributed by atoms with Gasteiger partial charge < -0.3 is 23.8 Å². The van der Waals surface area contributed by atoms with E-state index in [1.807, 2.05) is 44.2 Å². The lowest BCUT2D eigenvalue weighted by Crippen LogP contribution is -2.43. The zero-order valence-electron chi connectivity index (χ0n) is 17.3. The molecule has 1 aliphatic rings. The third kappa shape index (κ3) is 5.73. The van der Waals surface area contributed by atoms with Crippen LogP contribution in [0.2, 0.25) is 0 Å². The van der Waals surface area contributed by atoms with Gasteiger partial charge in [-0.1, -0.05) is 30.3 Å². The van der Waals surface area contributed by atoms with Crippen molar-refractivity contribution in [3.05, 3.63) is 59.7 Å². The van der Waals surface area contributed by atoms with Gasteiger partial charge in [0.15, 0.2) is 18.1 Å². The molecule has 0 aliphatic carbocycles. The van der Waals surface area contributed by atoms with Crippen LogP contribution in [-0.2, 0) is 14.3 Å². The monoisotopic (exact) mass is 413 g/mol. The molecule has 1 amide bonds. The number of hydrogen-bond donors (Lipinski definition) is 0. The second kappa shape index (κ2) is 10.6. The summed E-state index contributed by atoms with van der Waals surface area (Å²) in [6, 6.07) is 14.3. The third-order valence-electron chi connectivity index (χ3n) is 4.75. The molecule has 1 atom stereocenters. The SMILES string of the molecule is CCOc1cc(C(=O)O[C@H](C)c2ccccc2)ccc1OCC(=O)N1CCOCC1. The van der Waals surface area contributed by atoms with Crippen molar-refractivity contribution in [3.8, 4) is 11.5 Å². The highest BCUT2D eigenvalue weighted by atomic mass is 16.5. The summed E-state index contributed by atoms with van der Waals surface area (Å²) in [6.45, 7) is 6.15. The Bertz CT molecular complexity index is 848. The highest BCUT2D eigenvalue weighted by molar-refractivity contribution is 5.90. The number of amides is 1. The van der Waals surface area contributed by atoms with Crippen LogP contribution in [0.5, 0.6) is 11.5 Å². The Morgan fingerprint density at radius 3 is 2.47 bits per heavy atom. The van der Waals surface area contributed by atoms with Crippen LogP contribution in [0.15, 0.2) is 48.5 Å². The van der Waals surface area contributed by atoms with Crippen molar-refractivity contribution in [1.82, 2.24) is 4.90 Å². The van der Waals surface area contributed by atoms with Crippen LogP contribution < -0.4 is 9.47 Å². The average Bonchev–Trinajstić information content (AvgIpc) is 2.79. The fourth-order valence-electron chi connectivity index (χ4n) is 3.09. The van der Waals surface area contributed by atoms with E-state index >= 15 is 0 Å². The maximum Gasteiger partial charge on any atom is 0.338 e. The van der Waals surface area contributed by atoms with Gasteiger partial charge in [0, 0.05) is 13.1 Å². The normalized spacial score (nSPS) is 14.7. The van der Waals surface area contributed by atoms with E-state index in [-0.39, 0.29) is 18.6 Å². The predicted molar refractivity (Wildman–Crippen MR) is 111 cm³/mol. The fraction of sp³-hybridized carbons (Fsp3) is 0.391. The van der Waals surface area contributed by atoms with Gasteiger partial charge >= 0.3 is 5.97 Å². The lowest BCUT2D eigenvalue weighted by atomic mass is 10.1. The molecule has 0 bridgehead atoms. The number of rotatable bonds is 8. The summed E-state index contributed by atoms with van der Waals surface area (Å²) >= 11 is 0. The summed E-state index contributed by atoms with van der Waals surface area (Å²) in [4.78, 5) is 26.6. The van der Waals surface area contributed by atoms with Gasteiger partial charge in [-0.2, -0.15) is 0 Å². The van der Waals surface area contributed by atoms with E-state index in [1.54, 1.807) is 23.1 Å². The second-order valence-corrected chi connectivity index (χ2v) is 6.83. The van der Waals surface area contributed by atoms with E-state index in [9.17, 15) is 9.59 Å². The molecule has 1 fully saturated rings. The summed E-state index contributed by atoms with van der Waals surface area (Å²) in [5, 5.41) is 0. The van der Waals surface area contributed by atoms with Gasteiger partial charge in [-0.05, 0) is 37.6 Å². The minimum absolute atomic E-state index is 0.102. The molecule has 0 N–H and O–H groups in total. The van der Waals surface area contributed by atoms with Crippen molar-refractivity contribution in [3.63, 3.8) is 0 Å². The molecule has 7 nitrogen and oxygen atoms in total. The number of esters is 1. The van der Waals surface area contributed by atoms with Crippen LogP contribution in [0.1, 0.15) is 35.9 Å². The first-order valence-electron chi connectivity index (χ1n) is 10.1. The molecule has 30 heavy (non-hydrogen) atoms. The molecule has 1 aliphatic heterocycles. The lowest BCUT2D eigenvalue weighted by Gasteiger charge is -2.26. The number of morpholine rings is 1. The van der Waals surface area contributed by atoms with Gasteiger partial charge in [0.2, 0.25) is 0 Å². The van der Waals surface area contributed by atoms with Gasteiger partial charge in [0.05, 0.1) is 25.4 Å². The van der Waals surface area contributed by atoms with E-state index in [2.05, 4.69) is 0 Å². The summed E-state index contributed by atoms with van der Waals surface area (Å²) < 4.78 is 22.1. The van der Waals surface area contributed by atoms with Gasteiger partial charge in [-0.25, -0.2) is 4.79 Å². The molecule has 0 saturated carbocycles. The van der Waals surface area contributed by atoms with Crippen LogP contribution in [0, 0.1) is 0 Å². The zero-order valence-corrected chi connectivity index (χ0v) is 17.3. The van der Waals surface area contributed by atoms with Crippen molar-refractivity contribution in [2.75, 3.05) is 39.5 Å². The summed E-state index contributed by atoms with van der Waals surface area (Å²) in [5.74, 6) is 0.240. The number of ether oxygens (including phenoxy) is 4. The summed E-state index contributed by atoms with van der Waals surface area (Å²) in [7, 11) is 0. The number of nitrogens with zero attached hydrogens (tertiary/aromatic N) is 1. The van der Waals surface area contributed by atoms with Crippen molar-refractivity contribution in [1.29, 1.82) is 0 Å². The maximum atomic E-state index is 12.6. The molecule has 1 heterocycles. The van der Waals surface area contributed by atoms with E-state index in [4.69, 9.17) is 18.9 Å². The van der Waals surface area contributed by atoms with E-state index in [0.717, 1.165) is 5.56 Å². The Morgan fingerprint density at radius 2 is 1.77 bits per heavy atom. The topological polar surface area (TPSA) is 74.3 Å². The molecule has 160 valence electrons. The van der Waals surface area contributed by atoms with Crippen LogP contribution in [0.4, 0.5) is 0 Å². The minimum Gasteiger partial charge on any atom is -0.490 e. The second-order valence-electron chi connectivity index (χ2n) is 6.83. The summed E-state index contributed by atoms with van der Waals surface area (Å²) in [5.41, 5.74) is 1.27. The van der Waals surface area contributed by atoms with Crippen LogP contribution >= 0.6 is 0 Å². The maximum absolute atomic E-state index is 12.6. The lowest BCUT2D eigenvalue weighted by molar-refractivity contribution is -0.137. The Balaban J connectivity index is 1.65. The number of hydrogen-bond acceptors (Lipinski definition) is 6. The number of benzene rings is 2. The van der Waals surface area contributed by atoms with Gasteiger partial charge in [-0.15, -0.1) is 0 Å². The Hall–Kier alpha value is -3.06. The van der Waals surface area contributed by atoms with E-state index in [1.165, 1.54) is 0 Å². The van der Waals surface area contributed by atoms with Crippen LogP contribution in [0.3, 0.4) is 0 Å².